The molecule has 0 spiro atoms. The molecular weight excluding hydrogens is 151 g/mol. The van der Waals surface area contributed by atoms with Gasteiger partial charge in [0.05, 0.1) is 0 Å². The van der Waals surface area contributed by atoms with Crippen molar-refractivity contribution in [1.29, 1.82) is 0 Å². The molecule has 1 unspecified atom stereocenters. The maximum atomic E-state index is 12.2. The molecule has 0 N–H and O–H groups in total. The van der Waals surface area contributed by atoms with Gasteiger partial charge in [0, 0.05) is 0 Å². The first-order valence-corrected chi connectivity index (χ1v) is 4.29. The fourth-order valence-electron chi connectivity index (χ4n) is 0.980. The average molecular weight is 168 g/mol. The smallest absolute Gasteiger partial charge is 0.116 e. The summed E-state index contributed by atoms with van der Waals surface area (Å²) in [4.78, 5) is 0. The summed E-state index contributed by atoms with van der Waals surface area (Å²) in [6.45, 7) is 11.2. The molecule has 0 rings (SSSR count). The normalized spacial score (nSPS) is 13.2. The minimum Gasteiger partial charge on any atom is -0.208 e. The van der Waals surface area contributed by atoms with Gasteiger partial charge in [0.25, 0.3) is 0 Å². The second-order valence-electron chi connectivity index (χ2n) is 3.04. The Kier molecular flexibility index (Phi) is 5.35. The molecule has 0 aliphatic rings. The first-order chi connectivity index (χ1) is 5.57. The van der Waals surface area contributed by atoms with Crippen molar-refractivity contribution >= 4 is 0 Å². The third-order valence-electron chi connectivity index (χ3n) is 1.83. The molecule has 0 heterocycles. The van der Waals surface area contributed by atoms with E-state index in [0.717, 1.165) is 18.4 Å². The van der Waals surface area contributed by atoms with Gasteiger partial charge in [0.2, 0.25) is 0 Å². The van der Waals surface area contributed by atoms with Gasteiger partial charge in [-0.1, -0.05) is 45.1 Å². The van der Waals surface area contributed by atoms with Crippen molar-refractivity contribution in [3.8, 4) is 0 Å². The molecule has 0 saturated carbocycles. The number of hydrogen-bond donors (Lipinski definition) is 0. The highest BCUT2D eigenvalue weighted by molar-refractivity contribution is 5.22. The largest absolute Gasteiger partial charge is 0.208 e. The van der Waals surface area contributed by atoms with Crippen LogP contribution in [-0.4, -0.2) is 0 Å². The topological polar surface area (TPSA) is 0 Å². The van der Waals surface area contributed by atoms with Crippen LogP contribution in [0.5, 0.6) is 0 Å². The molecule has 0 aromatic rings. The van der Waals surface area contributed by atoms with Crippen LogP contribution < -0.4 is 0 Å². The molecular formula is C11H17F. The number of rotatable bonds is 5. The molecule has 0 aliphatic carbocycles. The van der Waals surface area contributed by atoms with E-state index in [2.05, 4.69) is 27.0 Å². The minimum absolute atomic E-state index is 0.417. The lowest BCUT2D eigenvalue weighted by atomic mass is 9.97. The second kappa shape index (κ2) is 5.76. The number of allylic oxidation sites excluding steroid dienone is 4. The van der Waals surface area contributed by atoms with Crippen molar-refractivity contribution in [2.45, 2.75) is 26.7 Å². The van der Waals surface area contributed by atoms with E-state index in [1.807, 2.05) is 0 Å². The number of halogens is 1. The van der Waals surface area contributed by atoms with Gasteiger partial charge in [-0.15, -0.1) is 0 Å². The van der Waals surface area contributed by atoms with Crippen molar-refractivity contribution in [1.82, 2.24) is 0 Å². The highest BCUT2D eigenvalue weighted by Gasteiger charge is 2.01. The molecule has 12 heavy (non-hydrogen) atoms. The Bertz CT molecular complexity index is 189. The Hall–Kier alpha value is -0.850. The molecule has 0 amide bonds. The molecule has 0 fully saturated rings. The lowest BCUT2D eigenvalue weighted by molar-refractivity contribution is 0.613. The molecule has 0 saturated heterocycles. The molecule has 0 nitrogen and oxygen atoms in total. The zero-order valence-corrected chi connectivity index (χ0v) is 7.94. The van der Waals surface area contributed by atoms with Crippen LogP contribution in [0.25, 0.3) is 0 Å². The Labute approximate surface area is 74.5 Å². The van der Waals surface area contributed by atoms with Crippen LogP contribution in [0, 0.1) is 5.92 Å². The molecule has 0 aromatic carbocycles. The molecule has 0 radical (unpaired) electrons. The predicted octanol–water partition coefficient (Wildman–Crippen LogP) is 4.02. The second-order valence-corrected chi connectivity index (χ2v) is 3.04. The van der Waals surface area contributed by atoms with Gasteiger partial charge in [0.15, 0.2) is 0 Å². The maximum absolute atomic E-state index is 12.2. The molecule has 0 aliphatic heterocycles. The maximum Gasteiger partial charge on any atom is 0.116 e. The van der Waals surface area contributed by atoms with Gasteiger partial charge < -0.3 is 0 Å². The fourth-order valence-corrected chi connectivity index (χ4v) is 0.980. The van der Waals surface area contributed by atoms with Crippen molar-refractivity contribution in [3.05, 3.63) is 36.7 Å². The Morgan fingerprint density at radius 1 is 1.42 bits per heavy atom. The molecule has 0 aromatic heterocycles. The lowest BCUT2D eigenvalue weighted by Gasteiger charge is -2.08. The number of hydrogen-bond acceptors (Lipinski definition) is 0. The van der Waals surface area contributed by atoms with E-state index in [4.69, 9.17) is 0 Å². The van der Waals surface area contributed by atoms with E-state index in [-0.39, 0.29) is 0 Å². The molecule has 68 valence electrons. The van der Waals surface area contributed by atoms with Crippen LogP contribution in [0.15, 0.2) is 36.7 Å². The summed E-state index contributed by atoms with van der Waals surface area (Å²) in [6.07, 6.45) is 5.28. The summed E-state index contributed by atoms with van der Waals surface area (Å²) >= 11 is 0. The third-order valence-corrected chi connectivity index (χ3v) is 1.83. The van der Waals surface area contributed by atoms with Crippen LogP contribution >= 0.6 is 0 Å². The highest BCUT2D eigenvalue weighted by Crippen LogP contribution is 2.16. The fraction of sp³-hybridized carbons (Fsp3) is 0.455. The van der Waals surface area contributed by atoms with Crippen LogP contribution in [-0.2, 0) is 0 Å². The standard InChI is InChI=1S/C11H17F/c1-5-6-9(2)10(3)7-8-11(4)12/h7-9H,3-6H2,1-2H3/b8-7-. The van der Waals surface area contributed by atoms with E-state index in [0.29, 0.717) is 5.92 Å². The summed E-state index contributed by atoms with van der Waals surface area (Å²) in [6, 6.07) is 0. The zero-order valence-electron chi connectivity index (χ0n) is 7.94. The van der Waals surface area contributed by atoms with Gasteiger partial charge in [-0.3, -0.25) is 0 Å². The summed E-state index contributed by atoms with van der Waals surface area (Å²) in [5.41, 5.74) is 0.968. The van der Waals surface area contributed by atoms with Gasteiger partial charge in [0.1, 0.15) is 5.83 Å². The van der Waals surface area contributed by atoms with Gasteiger partial charge in [-0.25, -0.2) is 4.39 Å². The van der Waals surface area contributed by atoms with Gasteiger partial charge in [-0.2, -0.15) is 0 Å². The first kappa shape index (κ1) is 11.2. The van der Waals surface area contributed by atoms with E-state index < -0.39 is 5.83 Å². The zero-order chi connectivity index (χ0) is 9.56. The van der Waals surface area contributed by atoms with E-state index in [9.17, 15) is 4.39 Å². The van der Waals surface area contributed by atoms with E-state index in [1.54, 1.807) is 6.08 Å². The third kappa shape index (κ3) is 4.89. The Morgan fingerprint density at radius 2 is 2.00 bits per heavy atom. The van der Waals surface area contributed by atoms with Crippen molar-refractivity contribution in [2.24, 2.45) is 5.92 Å². The van der Waals surface area contributed by atoms with Gasteiger partial charge >= 0.3 is 0 Å². The van der Waals surface area contributed by atoms with Crippen molar-refractivity contribution in [3.63, 3.8) is 0 Å². The first-order valence-electron chi connectivity index (χ1n) is 4.29. The molecule has 1 heteroatoms. The predicted molar refractivity (Wildman–Crippen MR) is 52.6 cm³/mol. The molecule has 1 atom stereocenters. The Balaban J connectivity index is 3.94. The average Bonchev–Trinajstić information content (AvgIpc) is 2.00. The monoisotopic (exact) mass is 168 g/mol. The van der Waals surface area contributed by atoms with Crippen molar-refractivity contribution in [2.75, 3.05) is 0 Å². The highest BCUT2D eigenvalue weighted by atomic mass is 19.1. The van der Waals surface area contributed by atoms with E-state index >= 15 is 0 Å². The summed E-state index contributed by atoms with van der Waals surface area (Å²) in [7, 11) is 0. The van der Waals surface area contributed by atoms with Crippen LogP contribution in [0.1, 0.15) is 26.7 Å². The quantitative estimate of drug-likeness (QED) is 0.544. The summed E-state index contributed by atoms with van der Waals surface area (Å²) in [5.74, 6) is 0.0189. The van der Waals surface area contributed by atoms with Crippen LogP contribution in [0.4, 0.5) is 4.39 Å². The summed E-state index contributed by atoms with van der Waals surface area (Å²) < 4.78 is 12.2. The van der Waals surface area contributed by atoms with Crippen LogP contribution in [0.3, 0.4) is 0 Å². The minimum atomic E-state index is -0.417. The SMILES string of the molecule is C=C(F)/C=C\C(=C)C(C)CCC. The van der Waals surface area contributed by atoms with Crippen LogP contribution in [0.2, 0.25) is 0 Å². The van der Waals surface area contributed by atoms with E-state index in [1.165, 1.54) is 6.08 Å². The van der Waals surface area contributed by atoms with Crippen molar-refractivity contribution < 1.29 is 4.39 Å². The lowest BCUT2D eigenvalue weighted by Crippen LogP contribution is -1.94. The molecule has 0 bridgehead atoms. The Morgan fingerprint density at radius 3 is 2.42 bits per heavy atom. The summed E-state index contributed by atoms with van der Waals surface area (Å²) in [5, 5.41) is 0. The van der Waals surface area contributed by atoms with Gasteiger partial charge in [-0.05, 0) is 18.4 Å².